The first-order valence-corrected chi connectivity index (χ1v) is 9.00. The molecule has 1 aromatic heterocycles. The Morgan fingerprint density at radius 1 is 1.24 bits per heavy atom. The van der Waals surface area contributed by atoms with Gasteiger partial charge in [-0.3, -0.25) is 0 Å². The van der Waals surface area contributed by atoms with Crippen LogP contribution in [0.1, 0.15) is 38.2 Å². The monoisotopic (exact) mass is 346 g/mol. The van der Waals surface area contributed by atoms with Gasteiger partial charge in [-0.25, -0.2) is 4.98 Å². The van der Waals surface area contributed by atoms with Gasteiger partial charge >= 0.3 is 0 Å². The van der Waals surface area contributed by atoms with Crippen molar-refractivity contribution in [2.24, 2.45) is 5.92 Å². The number of nitrogens with zero attached hydrogens (tertiary/aromatic N) is 2. The molecule has 1 aliphatic carbocycles. The van der Waals surface area contributed by atoms with Crippen LogP contribution in [-0.4, -0.2) is 18.1 Å². The fourth-order valence-electron chi connectivity index (χ4n) is 3.58. The summed E-state index contributed by atoms with van der Waals surface area (Å²) in [5.74, 6) is 1.89. The zero-order valence-corrected chi connectivity index (χ0v) is 14.4. The van der Waals surface area contributed by atoms with Crippen molar-refractivity contribution in [3.05, 3.63) is 35.9 Å². The van der Waals surface area contributed by atoms with Crippen LogP contribution in [0.3, 0.4) is 0 Å². The predicted octanol–water partition coefficient (Wildman–Crippen LogP) is 5.14. The molecule has 0 bridgehead atoms. The van der Waals surface area contributed by atoms with Gasteiger partial charge in [0.2, 0.25) is 0 Å². The van der Waals surface area contributed by atoms with Crippen molar-refractivity contribution in [3.63, 3.8) is 0 Å². The molecule has 2 unspecified atom stereocenters. The molecule has 0 saturated heterocycles. The lowest BCUT2D eigenvalue weighted by atomic mass is 9.85. The average molecular weight is 347 g/mol. The number of benzene rings is 1. The van der Waals surface area contributed by atoms with Crippen LogP contribution in [0.15, 0.2) is 30.3 Å². The van der Waals surface area contributed by atoms with Gasteiger partial charge < -0.3 is 4.90 Å². The molecule has 2 nitrogen and oxygen atoms in total. The number of rotatable bonds is 3. The predicted molar refractivity (Wildman–Crippen MR) is 94.2 cm³/mol. The van der Waals surface area contributed by atoms with Crippen LogP contribution in [0, 0.1) is 5.92 Å². The number of halogens is 1. The summed E-state index contributed by atoms with van der Waals surface area (Å²) in [6, 6.07) is 11.3. The summed E-state index contributed by atoms with van der Waals surface area (Å²) >= 11 is 3.63. The van der Waals surface area contributed by atoms with Crippen LogP contribution in [0.5, 0.6) is 0 Å². The number of fused-ring (bicyclic) bond motifs is 1. The summed E-state index contributed by atoms with van der Waals surface area (Å²) in [4.78, 5) is 7.37. The van der Waals surface area contributed by atoms with Crippen molar-refractivity contribution in [2.45, 2.75) is 44.0 Å². The second-order valence-corrected chi connectivity index (χ2v) is 6.80. The average Bonchev–Trinajstić information content (AvgIpc) is 2.53. The smallest absolute Gasteiger partial charge is 0.133 e. The van der Waals surface area contributed by atoms with E-state index in [0.29, 0.717) is 6.04 Å². The number of pyridine rings is 1. The van der Waals surface area contributed by atoms with Gasteiger partial charge in [0.1, 0.15) is 5.82 Å². The molecule has 1 saturated carbocycles. The normalized spacial score (nSPS) is 22.4. The van der Waals surface area contributed by atoms with Crippen LogP contribution in [0.4, 0.5) is 5.82 Å². The zero-order valence-electron chi connectivity index (χ0n) is 12.8. The number of alkyl halides is 1. The van der Waals surface area contributed by atoms with Gasteiger partial charge in [0.25, 0.3) is 0 Å². The molecular formula is C18H23BrN2. The highest BCUT2D eigenvalue weighted by Crippen LogP contribution is 2.33. The third-order valence-electron chi connectivity index (χ3n) is 4.82. The molecule has 1 fully saturated rings. The molecule has 3 rings (SSSR count). The Balaban J connectivity index is 2.01. The minimum atomic E-state index is 0.616. The largest absolute Gasteiger partial charge is 0.356 e. The molecule has 1 aromatic carbocycles. The standard InChI is InChI=1S/C18H23BrN2/c1-13-7-3-6-10-17(13)21(2)18-15(12-19)11-14-8-4-5-9-16(14)20-18/h4-5,8-9,11,13,17H,3,6-7,10,12H2,1-2H3. The molecule has 3 heteroatoms. The lowest BCUT2D eigenvalue weighted by Gasteiger charge is -2.37. The van der Waals surface area contributed by atoms with Crippen LogP contribution in [-0.2, 0) is 5.33 Å². The van der Waals surface area contributed by atoms with E-state index in [1.54, 1.807) is 0 Å². The number of aromatic nitrogens is 1. The Morgan fingerprint density at radius 3 is 2.76 bits per heavy atom. The molecule has 0 N–H and O–H groups in total. The maximum atomic E-state index is 4.95. The summed E-state index contributed by atoms with van der Waals surface area (Å²) in [7, 11) is 2.22. The quantitative estimate of drug-likeness (QED) is 0.715. The highest BCUT2D eigenvalue weighted by atomic mass is 79.9. The van der Waals surface area contributed by atoms with E-state index in [2.05, 4.69) is 65.1 Å². The summed E-state index contributed by atoms with van der Waals surface area (Å²) in [6.07, 6.45) is 5.35. The SMILES string of the molecule is CC1CCCCC1N(C)c1nc2ccccc2cc1CBr. The van der Waals surface area contributed by atoms with Crippen molar-refractivity contribution in [2.75, 3.05) is 11.9 Å². The fourth-order valence-corrected chi connectivity index (χ4v) is 4.00. The Hall–Kier alpha value is -1.09. The number of hydrogen-bond donors (Lipinski definition) is 0. The van der Waals surface area contributed by atoms with E-state index >= 15 is 0 Å². The molecule has 0 aliphatic heterocycles. The van der Waals surface area contributed by atoms with E-state index in [0.717, 1.165) is 22.6 Å². The third kappa shape index (κ3) is 2.94. The Kier molecular flexibility index (Phi) is 4.48. The number of para-hydroxylation sites is 1. The first-order valence-electron chi connectivity index (χ1n) is 7.88. The van der Waals surface area contributed by atoms with E-state index in [1.807, 2.05) is 0 Å². The molecule has 0 amide bonds. The molecule has 1 aliphatic rings. The maximum Gasteiger partial charge on any atom is 0.133 e. The van der Waals surface area contributed by atoms with E-state index in [-0.39, 0.29) is 0 Å². The zero-order chi connectivity index (χ0) is 14.8. The number of hydrogen-bond acceptors (Lipinski definition) is 2. The maximum absolute atomic E-state index is 4.95. The third-order valence-corrected chi connectivity index (χ3v) is 5.43. The molecule has 2 atom stereocenters. The van der Waals surface area contributed by atoms with Gasteiger partial charge in [0, 0.05) is 29.4 Å². The Bertz CT molecular complexity index is 626. The van der Waals surface area contributed by atoms with Gasteiger partial charge in [-0.2, -0.15) is 0 Å². The topological polar surface area (TPSA) is 16.1 Å². The van der Waals surface area contributed by atoms with Crippen molar-refractivity contribution in [3.8, 4) is 0 Å². The van der Waals surface area contributed by atoms with Crippen LogP contribution in [0.25, 0.3) is 10.9 Å². The van der Waals surface area contributed by atoms with E-state index in [1.165, 1.54) is 36.6 Å². The van der Waals surface area contributed by atoms with Gasteiger partial charge in [0.15, 0.2) is 0 Å². The summed E-state index contributed by atoms with van der Waals surface area (Å²) < 4.78 is 0. The molecule has 2 aromatic rings. The van der Waals surface area contributed by atoms with Crippen molar-refractivity contribution >= 4 is 32.7 Å². The van der Waals surface area contributed by atoms with Gasteiger partial charge in [0.05, 0.1) is 5.52 Å². The minimum Gasteiger partial charge on any atom is -0.356 e. The van der Waals surface area contributed by atoms with Crippen molar-refractivity contribution in [1.82, 2.24) is 4.98 Å². The second-order valence-electron chi connectivity index (χ2n) is 6.24. The van der Waals surface area contributed by atoms with E-state index < -0.39 is 0 Å². The Labute approximate surface area is 135 Å². The molecule has 1 heterocycles. The Morgan fingerprint density at radius 2 is 2.00 bits per heavy atom. The lowest BCUT2D eigenvalue weighted by molar-refractivity contribution is 0.320. The highest BCUT2D eigenvalue weighted by molar-refractivity contribution is 9.08. The molecule has 112 valence electrons. The fraction of sp³-hybridized carbons (Fsp3) is 0.500. The van der Waals surface area contributed by atoms with Gasteiger partial charge in [-0.15, -0.1) is 0 Å². The van der Waals surface area contributed by atoms with E-state index in [4.69, 9.17) is 4.98 Å². The summed E-state index contributed by atoms with van der Waals surface area (Å²) in [5, 5.41) is 2.08. The van der Waals surface area contributed by atoms with Gasteiger partial charge in [-0.05, 0) is 30.9 Å². The minimum absolute atomic E-state index is 0.616. The molecule has 0 spiro atoms. The molecule has 0 radical (unpaired) electrons. The first kappa shape index (κ1) is 14.8. The van der Waals surface area contributed by atoms with Crippen LogP contribution >= 0.6 is 15.9 Å². The van der Waals surface area contributed by atoms with E-state index in [9.17, 15) is 0 Å². The van der Waals surface area contributed by atoms with Crippen molar-refractivity contribution < 1.29 is 0 Å². The second kappa shape index (κ2) is 6.35. The van der Waals surface area contributed by atoms with Crippen molar-refractivity contribution in [1.29, 1.82) is 0 Å². The molecular weight excluding hydrogens is 324 g/mol. The van der Waals surface area contributed by atoms with Crippen LogP contribution < -0.4 is 4.90 Å². The molecule has 21 heavy (non-hydrogen) atoms. The van der Waals surface area contributed by atoms with Crippen LogP contribution in [0.2, 0.25) is 0 Å². The number of anilines is 1. The summed E-state index contributed by atoms with van der Waals surface area (Å²) in [5.41, 5.74) is 2.38. The van der Waals surface area contributed by atoms with Gasteiger partial charge in [-0.1, -0.05) is 53.9 Å². The summed E-state index contributed by atoms with van der Waals surface area (Å²) in [6.45, 7) is 2.38. The first-order chi connectivity index (χ1) is 10.2. The highest BCUT2D eigenvalue weighted by Gasteiger charge is 2.27. The lowest BCUT2D eigenvalue weighted by Crippen LogP contribution is -2.39.